The molecule has 0 saturated carbocycles. The van der Waals surface area contributed by atoms with Gasteiger partial charge >= 0.3 is 58.2 Å². The number of anilines is 1. The first-order chi connectivity index (χ1) is 9.68. The van der Waals surface area contributed by atoms with Crippen LogP contribution in [-0.4, -0.2) is 25.7 Å². The second kappa shape index (κ2) is 7.58. The maximum atomic E-state index is 13.9. The number of nitrogens with one attached hydrogen (secondary N) is 2. The van der Waals surface area contributed by atoms with Crippen molar-refractivity contribution >= 4 is 32.3 Å². The fourth-order valence-corrected chi connectivity index (χ4v) is 3.44. The molecule has 10 heteroatoms. The van der Waals surface area contributed by atoms with E-state index >= 15 is 0 Å². The number of carbonyl (C=O) groups is 1. The van der Waals surface area contributed by atoms with Crippen molar-refractivity contribution in [2.75, 3.05) is 11.6 Å². The first kappa shape index (κ1) is 19.9. The molecular formula is C12H11FN3O3RbS2. The van der Waals surface area contributed by atoms with Gasteiger partial charge in [-0.25, -0.2) is 17.8 Å². The van der Waals surface area contributed by atoms with Crippen molar-refractivity contribution in [1.29, 1.82) is 0 Å². The average Bonchev–Trinajstić information content (AvgIpc) is 2.67. The van der Waals surface area contributed by atoms with Crippen LogP contribution in [0, 0.1) is 12.7 Å². The number of thiazole rings is 1. The first-order valence-electron chi connectivity index (χ1n) is 5.68. The van der Waals surface area contributed by atoms with Crippen LogP contribution >= 0.6 is 11.3 Å². The van der Waals surface area contributed by atoms with Gasteiger partial charge in [-0.3, -0.25) is 4.79 Å². The van der Waals surface area contributed by atoms with Gasteiger partial charge in [0.25, 0.3) is 0 Å². The summed E-state index contributed by atoms with van der Waals surface area (Å²) in [5.41, 5.74) is 7.83. The number of benzene rings is 1. The molecule has 2 N–H and O–H groups in total. The van der Waals surface area contributed by atoms with Crippen LogP contribution in [0.25, 0.3) is 16.2 Å². The second-order valence-corrected chi connectivity index (χ2v) is 7.29. The molecule has 0 spiro atoms. The van der Waals surface area contributed by atoms with E-state index in [4.69, 9.17) is 5.73 Å². The number of hydrogen-bond donors (Lipinski definition) is 1. The number of nitrogens with zero attached hydrogens (tertiary/aromatic N) is 1. The Morgan fingerprint density at radius 2 is 2.05 bits per heavy atom. The van der Waals surface area contributed by atoms with Crippen molar-refractivity contribution in [1.82, 2.24) is 4.98 Å². The molecule has 112 valence electrons. The molecule has 0 aliphatic carbocycles. The van der Waals surface area contributed by atoms with E-state index in [0.717, 1.165) is 23.7 Å². The van der Waals surface area contributed by atoms with Gasteiger partial charge in [0, 0.05) is 6.26 Å². The van der Waals surface area contributed by atoms with Crippen LogP contribution in [-0.2, 0) is 9.84 Å². The molecule has 6 nitrogen and oxygen atoms in total. The summed E-state index contributed by atoms with van der Waals surface area (Å²) in [6, 6.07) is 2.80. The molecule has 2 aromatic rings. The molecule has 0 unspecified atom stereocenters. The topological polar surface area (TPSA) is 99.9 Å². The fourth-order valence-electron chi connectivity index (χ4n) is 1.76. The van der Waals surface area contributed by atoms with Gasteiger partial charge in [-0.2, -0.15) is 0 Å². The molecule has 1 aromatic carbocycles. The minimum Gasteiger partial charge on any atom is -0.447 e. The smallest absolute Gasteiger partial charge is 0.447 e. The maximum absolute atomic E-state index is 13.9. The monoisotopic (exact) mass is 413 g/mol. The molecule has 2 rings (SSSR count). The van der Waals surface area contributed by atoms with Crippen LogP contribution in [0.3, 0.4) is 0 Å². The van der Waals surface area contributed by atoms with E-state index in [1.807, 2.05) is 0 Å². The average molecular weight is 414 g/mol. The normalized spacial score (nSPS) is 10.9. The van der Waals surface area contributed by atoms with Gasteiger partial charge in [-0.15, -0.1) is 11.3 Å². The summed E-state index contributed by atoms with van der Waals surface area (Å²) in [4.78, 5) is 15.0. The number of aryl methyl sites for hydroxylation is 1. The van der Waals surface area contributed by atoms with E-state index in [1.54, 1.807) is 6.92 Å². The van der Waals surface area contributed by atoms with E-state index in [9.17, 15) is 17.6 Å². The number of amides is 2. The van der Waals surface area contributed by atoms with E-state index in [1.165, 1.54) is 12.1 Å². The van der Waals surface area contributed by atoms with Crippen molar-refractivity contribution in [3.63, 3.8) is 0 Å². The molecule has 0 aliphatic heterocycles. The van der Waals surface area contributed by atoms with Gasteiger partial charge in [-0.1, -0.05) is 6.07 Å². The maximum Gasteiger partial charge on any atom is 1.00 e. The van der Waals surface area contributed by atoms with Gasteiger partial charge in [-0.05, 0) is 24.6 Å². The van der Waals surface area contributed by atoms with Crippen molar-refractivity contribution < 1.29 is 75.8 Å². The van der Waals surface area contributed by atoms with Crippen LogP contribution < -0.4 is 63.5 Å². The minimum absolute atomic E-state index is 0. The van der Waals surface area contributed by atoms with Gasteiger partial charge < -0.3 is 11.1 Å². The van der Waals surface area contributed by atoms with Gasteiger partial charge in [0.1, 0.15) is 15.8 Å². The summed E-state index contributed by atoms with van der Waals surface area (Å²) >= 11 is 1.08. The molecule has 0 atom stereocenters. The number of sulfone groups is 1. The van der Waals surface area contributed by atoms with Crippen molar-refractivity contribution in [3.8, 4) is 10.4 Å². The Morgan fingerprint density at radius 3 is 2.55 bits per heavy atom. The van der Waals surface area contributed by atoms with Crippen LogP contribution in [0.2, 0.25) is 0 Å². The van der Waals surface area contributed by atoms with E-state index < -0.39 is 21.7 Å². The van der Waals surface area contributed by atoms with Crippen LogP contribution in [0.1, 0.15) is 5.69 Å². The molecule has 22 heavy (non-hydrogen) atoms. The number of carbonyl (C=O) groups excluding carboxylic acids is 1. The van der Waals surface area contributed by atoms with Crippen LogP contribution in [0.5, 0.6) is 0 Å². The molecule has 0 fully saturated rings. The third kappa shape index (κ3) is 4.65. The molecular weight excluding hydrogens is 403 g/mol. The van der Waals surface area contributed by atoms with E-state index in [-0.39, 0.29) is 68.2 Å². The summed E-state index contributed by atoms with van der Waals surface area (Å²) in [5, 5.41) is 2.46. The minimum atomic E-state index is -3.62. The molecule has 0 bridgehead atoms. The summed E-state index contributed by atoms with van der Waals surface area (Å²) in [7, 11) is -3.62. The van der Waals surface area contributed by atoms with Crippen molar-refractivity contribution in [2.45, 2.75) is 11.8 Å². The van der Waals surface area contributed by atoms with Crippen molar-refractivity contribution in [2.24, 2.45) is 0 Å². The Hall–Kier alpha value is -0.195. The Balaban J connectivity index is 0.00000242. The number of halogens is 1. The Morgan fingerprint density at radius 1 is 1.41 bits per heavy atom. The predicted octanol–water partition coefficient (Wildman–Crippen LogP) is 0.249. The Labute approximate surface area is 180 Å². The summed E-state index contributed by atoms with van der Waals surface area (Å²) in [5.74, 6) is -0.839. The SMILES string of the molecule is Cc1nc(NC([NH-])=O)sc1-c1ccc(S(C)(=O)=O)c(F)c1.[Rb+]. The fraction of sp³-hybridized carbons (Fsp3) is 0.167. The van der Waals surface area contributed by atoms with Gasteiger partial charge in [0.15, 0.2) is 15.9 Å². The Bertz CT molecular complexity index is 821. The Kier molecular flexibility index (Phi) is 6.84. The third-order valence-corrected chi connectivity index (χ3v) is 4.86. The van der Waals surface area contributed by atoms with E-state index in [0.29, 0.717) is 16.1 Å². The summed E-state index contributed by atoms with van der Waals surface area (Å²) < 4.78 is 36.6. The standard InChI is InChI=1S/C12H12FN3O3S2.Rb/c1-6-10(20-12(15-6)16-11(14)17)7-3-4-9(8(13)5-7)21(2,18)19;/h3-5H,1-2H3,(H3,14,15,16,17);/q;+1/p-1. The molecule has 1 aromatic heterocycles. The van der Waals surface area contributed by atoms with Crippen LogP contribution in [0.15, 0.2) is 23.1 Å². The molecule has 2 amide bonds. The predicted molar refractivity (Wildman–Crippen MR) is 78.7 cm³/mol. The largest absolute Gasteiger partial charge is 1.00 e. The molecule has 0 saturated heterocycles. The summed E-state index contributed by atoms with van der Waals surface area (Å²) in [6.45, 7) is 1.67. The van der Waals surface area contributed by atoms with Crippen molar-refractivity contribution in [3.05, 3.63) is 35.4 Å². The number of aromatic nitrogens is 1. The molecule has 0 radical (unpaired) electrons. The summed E-state index contributed by atoms with van der Waals surface area (Å²) in [6.07, 6.45) is 0.935. The molecule has 0 aliphatic rings. The zero-order chi connectivity index (χ0) is 15.8. The zero-order valence-corrected chi connectivity index (χ0v) is 18.6. The van der Waals surface area contributed by atoms with E-state index in [2.05, 4.69) is 10.3 Å². The quantitative estimate of drug-likeness (QED) is 0.779. The first-order valence-corrected chi connectivity index (χ1v) is 8.39. The van der Waals surface area contributed by atoms with Gasteiger partial charge in [0.2, 0.25) is 0 Å². The van der Waals surface area contributed by atoms with Crippen LogP contribution in [0.4, 0.5) is 14.3 Å². The third-order valence-electron chi connectivity index (χ3n) is 2.61. The number of rotatable bonds is 3. The number of urea groups is 1. The number of hydrogen-bond acceptors (Lipinski definition) is 5. The van der Waals surface area contributed by atoms with Gasteiger partial charge in [0.05, 0.1) is 10.6 Å². The molecule has 1 heterocycles. The zero-order valence-electron chi connectivity index (χ0n) is 12.1. The second-order valence-electron chi connectivity index (χ2n) is 4.31.